The number of hydrogen-bond donors (Lipinski definition) is 2. The van der Waals surface area contributed by atoms with Gasteiger partial charge in [0, 0.05) is 32.4 Å². The molecule has 0 aliphatic carbocycles. The number of nitrogens with one attached hydrogen (secondary N) is 1. The molecule has 4 heteroatoms. The molecule has 1 unspecified atom stereocenters. The van der Waals surface area contributed by atoms with Crippen molar-refractivity contribution in [1.29, 1.82) is 0 Å². The van der Waals surface area contributed by atoms with Gasteiger partial charge in [0.05, 0.1) is 5.60 Å². The molecule has 2 aromatic rings. The smallest absolute Gasteiger partial charge is 0.1000 e. The van der Waals surface area contributed by atoms with E-state index < -0.39 is 5.60 Å². The van der Waals surface area contributed by atoms with E-state index in [0.717, 1.165) is 25.1 Å². The van der Waals surface area contributed by atoms with Gasteiger partial charge < -0.3 is 15.3 Å². The van der Waals surface area contributed by atoms with Gasteiger partial charge in [0.25, 0.3) is 0 Å². The van der Waals surface area contributed by atoms with Gasteiger partial charge in [0.2, 0.25) is 0 Å². The highest BCUT2D eigenvalue weighted by Gasteiger charge is 2.23. The van der Waals surface area contributed by atoms with Crippen molar-refractivity contribution in [2.75, 3.05) is 25.0 Å². The predicted octanol–water partition coefficient (Wildman–Crippen LogP) is 2.74. The van der Waals surface area contributed by atoms with Crippen LogP contribution in [0.4, 0.5) is 5.69 Å². The van der Waals surface area contributed by atoms with Gasteiger partial charge in [-0.2, -0.15) is 11.3 Å². The molecule has 1 aliphatic rings. The Labute approximate surface area is 130 Å². The number of fused-ring (bicyclic) bond motifs is 1. The molecule has 0 spiro atoms. The van der Waals surface area contributed by atoms with E-state index in [1.807, 2.05) is 23.8 Å². The highest BCUT2D eigenvalue weighted by molar-refractivity contribution is 7.08. The summed E-state index contributed by atoms with van der Waals surface area (Å²) in [6.07, 6.45) is 1.13. The van der Waals surface area contributed by atoms with Crippen molar-refractivity contribution < 1.29 is 5.11 Å². The quantitative estimate of drug-likeness (QED) is 0.891. The van der Waals surface area contributed by atoms with E-state index in [1.54, 1.807) is 11.3 Å². The minimum atomic E-state index is -0.809. The number of thiophene rings is 1. The number of rotatable bonds is 5. The molecule has 1 aliphatic heterocycles. The Balaban J connectivity index is 1.59. The molecule has 0 fully saturated rings. The molecule has 0 saturated carbocycles. The molecule has 0 radical (unpaired) electrons. The third kappa shape index (κ3) is 3.12. The number of likely N-dealkylation sites (N-methyl/N-ethyl adjacent to an activating group) is 1. The van der Waals surface area contributed by atoms with Crippen LogP contribution in [0.5, 0.6) is 0 Å². The van der Waals surface area contributed by atoms with Gasteiger partial charge in [0.1, 0.15) is 0 Å². The molecular weight excluding hydrogens is 280 g/mol. The van der Waals surface area contributed by atoms with E-state index >= 15 is 0 Å². The van der Waals surface area contributed by atoms with Gasteiger partial charge in [-0.1, -0.05) is 12.1 Å². The van der Waals surface area contributed by atoms with Crippen molar-refractivity contribution in [3.05, 3.63) is 51.7 Å². The highest BCUT2D eigenvalue weighted by atomic mass is 32.1. The molecule has 21 heavy (non-hydrogen) atoms. The van der Waals surface area contributed by atoms with Crippen LogP contribution in [0.25, 0.3) is 0 Å². The number of aliphatic hydroxyl groups is 1. The predicted molar refractivity (Wildman–Crippen MR) is 89.0 cm³/mol. The van der Waals surface area contributed by atoms with Crippen LogP contribution in [-0.2, 0) is 18.6 Å². The molecule has 3 nitrogen and oxygen atoms in total. The maximum absolute atomic E-state index is 10.5. The van der Waals surface area contributed by atoms with Crippen LogP contribution >= 0.6 is 11.3 Å². The van der Waals surface area contributed by atoms with Crippen LogP contribution in [-0.4, -0.2) is 25.2 Å². The zero-order valence-corrected chi connectivity index (χ0v) is 13.4. The lowest BCUT2D eigenvalue weighted by Gasteiger charge is -2.23. The molecule has 0 saturated heterocycles. The van der Waals surface area contributed by atoms with E-state index in [4.69, 9.17) is 0 Å². The summed E-state index contributed by atoms with van der Waals surface area (Å²) in [6.45, 7) is 4.32. The monoisotopic (exact) mass is 302 g/mol. The molecule has 0 bridgehead atoms. The lowest BCUT2D eigenvalue weighted by Crippen LogP contribution is -2.34. The lowest BCUT2D eigenvalue weighted by molar-refractivity contribution is 0.0571. The molecule has 1 atom stereocenters. The molecule has 0 amide bonds. The fourth-order valence-electron chi connectivity index (χ4n) is 2.85. The number of benzene rings is 1. The van der Waals surface area contributed by atoms with E-state index in [0.29, 0.717) is 6.54 Å². The van der Waals surface area contributed by atoms with Crippen molar-refractivity contribution in [2.45, 2.75) is 25.5 Å². The van der Waals surface area contributed by atoms with Crippen LogP contribution in [0.15, 0.2) is 35.0 Å². The van der Waals surface area contributed by atoms with Gasteiger partial charge in [0.15, 0.2) is 0 Å². The Morgan fingerprint density at radius 2 is 2.24 bits per heavy atom. The largest absolute Gasteiger partial charge is 0.384 e. The van der Waals surface area contributed by atoms with Gasteiger partial charge in [-0.05, 0) is 52.9 Å². The third-order valence-electron chi connectivity index (χ3n) is 4.21. The first kappa shape index (κ1) is 14.6. The third-order valence-corrected chi connectivity index (χ3v) is 4.90. The first-order valence-corrected chi connectivity index (χ1v) is 8.29. The Hall–Kier alpha value is -1.36. The maximum atomic E-state index is 10.5. The summed E-state index contributed by atoms with van der Waals surface area (Å²) in [5.41, 5.74) is 4.24. The number of anilines is 1. The van der Waals surface area contributed by atoms with Gasteiger partial charge in [-0.25, -0.2) is 0 Å². The van der Waals surface area contributed by atoms with Crippen LogP contribution in [0.1, 0.15) is 23.6 Å². The number of nitrogens with zero attached hydrogens (tertiary/aromatic N) is 1. The van der Waals surface area contributed by atoms with Crippen LogP contribution in [0, 0.1) is 0 Å². The van der Waals surface area contributed by atoms with Crippen LogP contribution in [0.2, 0.25) is 0 Å². The zero-order valence-electron chi connectivity index (χ0n) is 12.6. The summed E-state index contributed by atoms with van der Waals surface area (Å²) in [6, 6.07) is 8.64. The summed E-state index contributed by atoms with van der Waals surface area (Å²) in [7, 11) is 2.14. The fraction of sp³-hybridized carbons (Fsp3) is 0.412. The summed E-state index contributed by atoms with van der Waals surface area (Å²) >= 11 is 1.62. The normalized spacial score (nSPS) is 16.8. The first-order chi connectivity index (χ1) is 10.1. The average Bonchev–Trinajstić information content (AvgIpc) is 3.09. The second-order valence-electron chi connectivity index (χ2n) is 6.02. The standard InChI is InChI=1S/C17H22N2OS/c1-17(20,15-6-8-21-11-15)12-18-10-13-3-4-16-14(9-13)5-7-19(16)2/h3-4,6,8-9,11,18,20H,5,7,10,12H2,1-2H3. The minimum absolute atomic E-state index is 0.556. The fourth-order valence-corrected chi connectivity index (χ4v) is 3.64. The average molecular weight is 302 g/mol. The lowest BCUT2D eigenvalue weighted by atomic mass is 9.99. The van der Waals surface area contributed by atoms with E-state index in [9.17, 15) is 5.11 Å². The van der Waals surface area contributed by atoms with E-state index in [-0.39, 0.29) is 0 Å². The molecule has 2 heterocycles. The molecular formula is C17H22N2OS. The number of hydrogen-bond acceptors (Lipinski definition) is 4. The van der Waals surface area contributed by atoms with E-state index in [2.05, 4.69) is 35.5 Å². The molecule has 3 rings (SSSR count). The molecule has 1 aromatic carbocycles. The van der Waals surface area contributed by atoms with Crippen LogP contribution < -0.4 is 10.2 Å². The van der Waals surface area contributed by atoms with E-state index in [1.165, 1.54) is 16.8 Å². The molecule has 112 valence electrons. The summed E-state index contributed by atoms with van der Waals surface area (Å²) in [4.78, 5) is 2.30. The Kier molecular flexibility index (Phi) is 4.02. The van der Waals surface area contributed by atoms with Crippen molar-refractivity contribution in [3.8, 4) is 0 Å². The topological polar surface area (TPSA) is 35.5 Å². The van der Waals surface area contributed by atoms with Crippen molar-refractivity contribution in [3.63, 3.8) is 0 Å². The Morgan fingerprint density at radius 3 is 3.00 bits per heavy atom. The summed E-state index contributed by atoms with van der Waals surface area (Å²) in [5.74, 6) is 0. The van der Waals surface area contributed by atoms with Gasteiger partial charge in [-0.3, -0.25) is 0 Å². The second kappa shape index (κ2) is 5.79. The van der Waals surface area contributed by atoms with Crippen molar-refractivity contribution in [2.24, 2.45) is 0 Å². The summed E-state index contributed by atoms with van der Waals surface area (Å²) in [5, 5.41) is 17.9. The zero-order chi connectivity index (χ0) is 14.9. The molecule has 2 N–H and O–H groups in total. The highest BCUT2D eigenvalue weighted by Crippen LogP contribution is 2.27. The maximum Gasteiger partial charge on any atom is 0.1000 e. The molecule has 1 aromatic heterocycles. The SMILES string of the molecule is CN1CCc2cc(CNCC(C)(O)c3ccsc3)ccc21. The van der Waals surface area contributed by atoms with Crippen molar-refractivity contribution >= 4 is 17.0 Å². The first-order valence-electron chi connectivity index (χ1n) is 7.35. The minimum Gasteiger partial charge on any atom is -0.384 e. The van der Waals surface area contributed by atoms with Crippen LogP contribution in [0.3, 0.4) is 0 Å². The van der Waals surface area contributed by atoms with Gasteiger partial charge in [-0.15, -0.1) is 0 Å². The second-order valence-corrected chi connectivity index (χ2v) is 6.80. The summed E-state index contributed by atoms with van der Waals surface area (Å²) < 4.78 is 0. The van der Waals surface area contributed by atoms with Crippen molar-refractivity contribution in [1.82, 2.24) is 5.32 Å². The Morgan fingerprint density at radius 1 is 1.38 bits per heavy atom. The Bertz CT molecular complexity index is 607. The van der Waals surface area contributed by atoms with Gasteiger partial charge >= 0.3 is 0 Å².